The van der Waals surface area contributed by atoms with Crippen LogP contribution in [0.15, 0.2) is 36.2 Å². The Labute approximate surface area is 173 Å². The second-order valence-corrected chi connectivity index (χ2v) is 7.47. The summed E-state index contributed by atoms with van der Waals surface area (Å²) in [6.07, 6.45) is 1.89. The number of nitrogens with one attached hydrogen (secondary N) is 1. The number of ether oxygens (including phenoxy) is 1. The SMILES string of the molecule is O=C(S)NC[C@H]1CN(c2ccc(-c3nc(Cn4cncn4)cs3)c(F)c2)C(=O)O1. The van der Waals surface area contributed by atoms with Gasteiger partial charge in [-0.25, -0.2) is 23.8 Å². The van der Waals surface area contributed by atoms with E-state index in [0.29, 0.717) is 22.8 Å². The molecule has 3 aromatic rings. The van der Waals surface area contributed by atoms with Gasteiger partial charge in [0, 0.05) is 10.9 Å². The van der Waals surface area contributed by atoms with Gasteiger partial charge in [0.05, 0.1) is 31.0 Å². The molecule has 4 rings (SSSR count). The third-order valence-corrected chi connectivity index (χ3v) is 5.27. The Bertz CT molecular complexity index is 1040. The molecule has 150 valence electrons. The fraction of sp³-hybridized carbons (Fsp3) is 0.235. The van der Waals surface area contributed by atoms with E-state index in [9.17, 15) is 14.0 Å². The van der Waals surface area contributed by atoms with Gasteiger partial charge in [0.1, 0.15) is 29.6 Å². The zero-order valence-corrected chi connectivity index (χ0v) is 16.6. The molecule has 12 heteroatoms. The lowest BCUT2D eigenvalue weighted by molar-refractivity contribution is 0.141. The van der Waals surface area contributed by atoms with Gasteiger partial charge in [-0.2, -0.15) is 5.10 Å². The minimum Gasteiger partial charge on any atom is -0.442 e. The van der Waals surface area contributed by atoms with Crippen molar-refractivity contribution in [3.8, 4) is 10.6 Å². The molecule has 0 unspecified atom stereocenters. The Balaban J connectivity index is 1.48. The van der Waals surface area contributed by atoms with Gasteiger partial charge in [0.2, 0.25) is 0 Å². The Morgan fingerprint density at radius 2 is 2.31 bits per heavy atom. The highest BCUT2D eigenvalue weighted by atomic mass is 32.1. The van der Waals surface area contributed by atoms with Gasteiger partial charge >= 0.3 is 6.09 Å². The number of carbonyl (C=O) groups excluding carboxylic acids is 2. The maximum Gasteiger partial charge on any atom is 0.414 e. The normalized spacial score (nSPS) is 16.1. The van der Waals surface area contributed by atoms with Crippen molar-refractivity contribution in [3.05, 3.63) is 47.7 Å². The average Bonchev–Trinajstić information content (AvgIpc) is 3.42. The van der Waals surface area contributed by atoms with E-state index in [4.69, 9.17) is 4.74 Å². The molecule has 2 aromatic heterocycles. The molecule has 0 radical (unpaired) electrons. The van der Waals surface area contributed by atoms with E-state index in [1.165, 1.54) is 28.6 Å². The molecule has 0 bridgehead atoms. The lowest BCUT2D eigenvalue weighted by Gasteiger charge is -2.14. The van der Waals surface area contributed by atoms with Crippen molar-refractivity contribution in [1.29, 1.82) is 0 Å². The Kier molecular flexibility index (Phi) is 5.45. The van der Waals surface area contributed by atoms with Gasteiger partial charge < -0.3 is 10.1 Å². The molecule has 2 amide bonds. The highest BCUT2D eigenvalue weighted by Gasteiger charge is 2.32. The van der Waals surface area contributed by atoms with Crippen LogP contribution in [0.25, 0.3) is 10.6 Å². The third-order valence-electron chi connectivity index (χ3n) is 4.19. The van der Waals surface area contributed by atoms with Crippen molar-refractivity contribution in [2.75, 3.05) is 18.0 Å². The van der Waals surface area contributed by atoms with E-state index >= 15 is 0 Å². The first kappa shape index (κ1) is 19.3. The second-order valence-electron chi connectivity index (χ2n) is 6.20. The molecule has 1 fully saturated rings. The molecule has 1 N–H and O–H groups in total. The molecule has 29 heavy (non-hydrogen) atoms. The van der Waals surface area contributed by atoms with Crippen molar-refractivity contribution in [3.63, 3.8) is 0 Å². The van der Waals surface area contributed by atoms with Crippen molar-refractivity contribution < 1.29 is 18.7 Å². The van der Waals surface area contributed by atoms with Gasteiger partial charge in [-0.1, -0.05) is 12.6 Å². The minimum absolute atomic E-state index is 0.138. The van der Waals surface area contributed by atoms with Crippen LogP contribution in [-0.2, 0) is 11.3 Å². The van der Waals surface area contributed by atoms with Gasteiger partial charge in [-0.3, -0.25) is 9.69 Å². The molecule has 3 heterocycles. The number of amides is 2. The van der Waals surface area contributed by atoms with Crippen LogP contribution in [0.1, 0.15) is 5.69 Å². The lowest BCUT2D eigenvalue weighted by Crippen LogP contribution is -2.32. The maximum atomic E-state index is 14.7. The fourth-order valence-electron chi connectivity index (χ4n) is 2.87. The van der Waals surface area contributed by atoms with Gasteiger partial charge in [0.25, 0.3) is 5.24 Å². The molecule has 1 aliphatic rings. The Morgan fingerprint density at radius 1 is 1.45 bits per heavy atom. The summed E-state index contributed by atoms with van der Waals surface area (Å²) < 4.78 is 21.6. The third kappa shape index (κ3) is 4.38. The smallest absolute Gasteiger partial charge is 0.414 e. The predicted octanol–water partition coefficient (Wildman–Crippen LogP) is 2.55. The number of halogens is 1. The monoisotopic (exact) mass is 434 g/mol. The van der Waals surface area contributed by atoms with E-state index in [0.717, 1.165) is 5.69 Å². The van der Waals surface area contributed by atoms with Gasteiger partial charge in [-0.15, -0.1) is 11.3 Å². The molecule has 1 aliphatic heterocycles. The summed E-state index contributed by atoms with van der Waals surface area (Å²) in [6.45, 7) is 0.782. The minimum atomic E-state index is -0.597. The number of benzene rings is 1. The second kappa shape index (κ2) is 8.17. The van der Waals surface area contributed by atoms with E-state index in [1.807, 2.05) is 5.38 Å². The van der Waals surface area contributed by atoms with E-state index < -0.39 is 23.3 Å². The van der Waals surface area contributed by atoms with E-state index in [-0.39, 0.29) is 13.1 Å². The first-order valence-corrected chi connectivity index (χ1v) is 9.84. The standard InChI is InChI=1S/C17H15FN6O3S2/c18-14-3-11(24-6-12(27-17(24)26)4-20-16(25)28)1-2-13(14)15-22-10(7-29-15)5-23-9-19-8-21-23/h1-3,7-9,12H,4-6H2,(H2,20,25,28)/t12-/m0/s1. The molecule has 0 spiro atoms. The number of rotatable bonds is 6. The number of carbonyl (C=O) groups is 2. The van der Waals surface area contributed by atoms with Crippen LogP contribution in [-0.4, -0.2) is 50.3 Å². The molecule has 0 aliphatic carbocycles. The van der Waals surface area contributed by atoms with Gasteiger partial charge in [0.15, 0.2) is 0 Å². The fourth-order valence-corrected chi connectivity index (χ4v) is 3.80. The predicted molar refractivity (Wildman–Crippen MR) is 107 cm³/mol. The summed E-state index contributed by atoms with van der Waals surface area (Å²) in [4.78, 5) is 32.6. The van der Waals surface area contributed by atoms with Crippen LogP contribution >= 0.6 is 24.0 Å². The number of nitrogens with zero attached hydrogens (tertiary/aromatic N) is 5. The summed E-state index contributed by atoms with van der Waals surface area (Å²) >= 11 is 4.93. The van der Waals surface area contributed by atoms with E-state index in [2.05, 4.69) is 33.0 Å². The molecule has 1 atom stereocenters. The summed E-state index contributed by atoms with van der Waals surface area (Å²) in [5.41, 5.74) is 1.46. The summed E-state index contributed by atoms with van der Waals surface area (Å²) in [5, 5.41) is 8.35. The number of hydrogen-bond donors (Lipinski definition) is 2. The highest BCUT2D eigenvalue weighted by molar-refractivity contribution is 7.96. The molecular weight excluding hydrogens is 419 g/mol. The summed E-state index contributed by atoms with van der Waals surface area (Å²) in [6, 6.07) is 4.49. The van der Waals surface area contributed by atoms with Crippen molar-refractivity contribution in [2.45, 2.75) is 12.6 Å². The summed E-state index contributed by atoms with van der Waals surface area (Å²) in [5.74, 6) is -0.496. The molecule has 1 aromatic carbocycles. The van der Waals surface area contributed by atoms with Crippen LogP contribution in [0.4, 0.5) is 19.7 Å². The first-order chi connectivity index (χ1) is 14.0. The van der Waals surface area contributed by atoms with Gasteiger partial charge in [-0.05, 0) is 18.2 Å². The Hall–Kier alpha value is -2.99. The molecule has 9 nitrogen and oxygen atoms in total. The number of thiazole rings is 1. The van der Waals surface area contributed by atoms with E-state index in [1.54, 1.807) is 23.1 Å². The molecular formula is C17H15FN6O3S2. The number of hydrogen-bond acceptors (Lipinski definition) is 7. The zero-order chi connectivity index (χ0) is 20.4. The van der Waals surface area contributed by atoms with Crippen molar-refractivity contribution >= 4 is 41.0 Å². The largest absolute Gasteiger partial charge is 0.442 e. The maximum absolute atomic E-state index is 14.7. The van der Waals surface area contributed by atoms with Crippen LogP contribution < -0.4 is 10.2 Å². The lowest BCUT2D eigenvalue weighted by atomic mass is 10.2. The molecule has 0 saturated carbocycles. The van der Waals surface area contributed by atoms with Crippen molar-refractivity contribution in [2.24, 2.45) is 0 Å². The quantitative estimate of drug-likeness (QED) is 0.578. The Morgan fingerprint density at radius 3 is 3.03 bits per heavy atom. The van der Waals surface area contributed by atoms with Crippen LogP contribution in [0, 0.1) is 5.82 Å². The van der Waals surface area contributed by atoms with Crippen LogP contribution in [0.5, 0.6) is 0 Å². The number of cyclic esters (lactones) is 1. The first-order valence-electron chi connectivity index (χ1n) is 8.51. The van der Waals surface area contributed by atoms with Crippen LogP contribution in [0.2, 0.25) is 0 Å². The topological polar surface area (TPSA) is 102 Å². The van der Waals surface area contributed by atoms with Crippen LogP contribution in [0.3, 0.4) is 0 Å². The summed E-state index contributed by atoms with van der Waals surface area (Å²) in [7, 11) is 0. The number of thiol groups is 1. The number of aromatic nitrogens is 4. The molecule has 1 saturated heterocycles. The average molecular weight is 434 g/mol. The van der Waals surface area contributed by atoms with Crippen molar-refractivity contribution in [1.82, 2.24) is 25.1 Å². The number of anilines is 1. The zero-order valence-electron chi connectivity index (χ0n) is 14.9. The highest BCUT2D eigenvalue weighted by Crippen LogP contribution is 2.31.